The SMILES string of the molecule is COc1cc(CNc2cccc(O)c2)cc(OC)c1OC. The van der Waals surface area contributed by atoms with Crippen LogP contribution in [0.5, 0.6) is 23.0 Å². The number of hydrogen-bond donors (Lipinski definition) is 2. The topological polar surface area (TPSA) is 60.0 Å². The minimum absolute atomic E-state index is 0.227. The highest BCUT2D eigenvalue weighted by Crippen LogP contribution is 2.38. The van der Waals surface area contributed by atoms with Crippen LogP contribution in [0.4, 0.5) is 5.69 Å². The first kappa shape index (κ1) is 14.8. The fourth-order valence-corrected chi connectivity index (χ4v) is 2.06. The summed E-state index contributed by atoms with van der Waals surface area (Å²) in [5.41, 5.74) is 1.82. The van der Waals surface area contributed by atoms with E-state index in [0.29, 0.717) is 23.8 Å². The Kier molecular flexibility index (Phi) is 4.77. The largest absolute Gasteiger partial charge is 0.508 e. The number of benzene rings is 2. The molecule has 2 aromatic carbocycles. The number of ether oxygens (including phenoxy) is 3. The number of rotatable bonds is 6. The van der Waals surface area contributed by atoms with Crippen molar-refractivity contribution in [2.75, 3.05) is 26.6 Å². The molecule has 112 valence electrons. The smallest absolute Gasteiger partial charge is 0.203 e. The zero-order valence-electron chi connectivity index (χ0n) is 12.3. The van der Waals surface area contributed by atoms with Crippen LogP contribution in [0.15, 0.2) is 36.4 Å². The number of methoxy groups -OCH3 is 3. The van der Waals surface area contributed by atoms with Gasteiger partial charge in [-0.1, -0.05) is 6.07 Å². The molecule has 0 aliphatic carbocycles. The minimum Gasteiger partial charge on any atom is -0.508 e. The molecule has 0 aliphatic heterocycles. The predicted octanol–water partition coefficient (Wildman–Crippen LogP) is 3.03. The molecule has 2 N–H and O–H groups in total. The molecule has 0 spiro atoms. The van der Waals surface area contributed by atoms with E-state index < -0.39 is 0 Å². The molecule has 0 saturated carbocycles. The van der Waals surface area contributed by atoms with Crippen LogP contribution in [0, 0.1) is 0 Å². The van der Waals surface area contributed by atoms with Gasteiger partial charge in [-0.15, -0.1) is 0 Å². The number of hydrogen-bond acceptors (Lipinski definition) is 5. The van der Waals surface area contributed by atoms with Gasteiger partial charge in [0.25, 0.3) is 0 Å². The van der Waals surface area contributed by atoms with Crippen molar-refractivity contribution >= 4 is 5.69 Å². The summed E-state index contributed by atoms with van der Waals surface area (Å²) >= 11 is 0. The monoisotopic (exact) mass is 289 g/mol. The third kappa shape index (κ3) is 3.51. The molecule has 0 aromatic heterocycles. The van der Waals surface area contributed by atoms with Crippen LogP contribution >= 0.6 is 0 Å². The summed E-state index contributed by atoms with van der Waals surface area (Å²) in [5, 5.41) is 12.7. The second-order valence-corrected chi connectivity index (χ2v) is 4.44. The highest BCUT2D eigenvalue weighted by atomic mass is 16.5. The Bertz CT molecular complexity index is 588. The molecule has 0 heterocycles. The van der Waals surface area contributed by atoms with Gasteiger partial charge in [0.1, 0.15) is 5.75 Å². The molecule has 0 unspecified atom stereocenters. The van der Waals surface area contributed by atoms with Gasteiger partial charge in [0.2, 0.25) is 5.75 Å². The number of phenols is 1. The van der Waals surface area contributed by atoms with Gasteiger partial charge in [0, 0.05) is 18.3 Å². The quantitative estimate of drug-likeness (QED) is 0.856. The normalized spacial score (nSPS) is 10.0. The lowest BCUT2D eigenvalue weighted by molar-refractivity contribution is 0.324. The first-order valence-electron chi connectivity index (χ1n) is 6.49. The number of anilines is 1. The van der Waals surface area contributed by atoms with Crippen LogP contribution in [0.25, 0.3) is 0 Å². The van der Waals surface area contributed by atoms with E-state index in [2.05, 4.69) is 5.32 Å². The summed E-state index contributed by atoms with van der Waals surface area (Å²) in [5.74, 6) is 2.03. The van der Waals surface area contributed by atoms with E-state index in [9.17, 15) is 5.11 Å². The molecule has 0 amide bonds. The fourth-order valence-electron chi connectivity index (χ4n) is 2.06. The van der Waals surface area contributed by atoms with Gasteiger partial charge in [0.05, 0.1) is 21.3 Å². The maximum absolute atomic E-state index is 9.45. The molecule has 0 atom stereocenters. The third-order valence-corrected chi connectivity index (χ3v) is 3.07. The molecule has 5 nitrogen and oxygen atoms in total. The van der Waals surface area contributed by atoms with Crippen LogP contribution in [0.3, 0.4) is 0 Å². The molecule has 0 aliphatic rings. The average molecular weight is 289 g/mol. The van der Waals surface area contributed by atoms with Crippen molar-refractivity contribution < 1.29 is 19.3 Å². The van der Waals surface area contributed by atoms with E-state index in [1.165, 1.54) is 0 Å². The van der Waals surface area contributed by atoms with Gasteiger partial charge in [-0.3, -0.25) is 0 Å². The van der Waals surface area contributed by atoms with Gasteiger partial charge >= 0.3 is 0 Å². The Morgan fingerprint density at radius 1 is 0.952 bits per heavy atom. The van der Waals surface area contributed by atoms with Gasteiger partial charge in [0.15, 0.2) is 11.5 Å². The van der Waals surface area contributed by atoms with Crippen molar-refractivity contribution in [3.8, 4) is 23.0 Å². The van der Waals surface area contributed by atoms with E-state index in [-0.39, 0.29) is 5.75 Å². The minimum atomic E-state index is 0.227. The number of phenolic OH excluding ortho intramolecular Hbond substituents is 1. The van der Waals surface area contributed by atoms with E-state index in [4.69, 9.17) is 14.2 Å². The zero-order valence-corrected chi connectivity index (χ0v) is 12.3. The number of aromatic hydroxyl groups is 1. The molecular weight excluding hydrogens is 270 g/mol. The second-order valence-electron chi connectivity index (χ2n) is 4.44. The highest BCUT2D eigenvalue weighted by molar-refractivity contribution is 5.55. The predicted molar refractivity (Wildman–Crippen MR) is 81.5 cm³/mol. The summed E-state index contributed by atoms with van der Waals surface area (Å²) in [4.78, 5) is 0. The summed E-state index contributed by atoms with van der Waals surface area (Å²) in [7, 11) is 4.75. The third-order valence-electron chi connectivity index (χ3n) is 3.07. The molecule has 0 radical (unpaired) electrons. The Labute approximate surface area is 124 Å². The maximum Gasteiger partial charge on any atom is 0.203 e. The van der Waals surface area contributed by atoms with Gasteiger partial charge in [-0.2, -0.15) is 0 Å². The summed E-state index contributed by atoms with van der Waals surface area (Å²) in [6, 6.07) is 10.7. The second kappa shape index (κ2) is 6.74. The first-order valence-corrected chi connectivity index (χ1v) is 6.49. The highest BCUT2D eigenvalue weighted by Gasteiger charge is 2.12. The molecule has 2 rings (SSSR count). The molecule has 21 heavy (non-hydrogen) atoms. The molecule has 2 aromatic rings. The summed E-state index contributed by atoms with van der Waals surface area (Å²) in [6.45, 7) is 0.570. The van der Waals surface area contributed by atoms with Gasteiger partial charge in [-0.25, -0.2) is 0 Å². The zero-order chi connectivity index (χ0) is 15.2. The lowest BCUT2D eigenvalue weighted by Gasteiger charge is -2.14. The van der Waals surface area contributed by atoms with Crippen LogP contribution in [0.1, 0.15) is 5.56 Å². The van der Waals surface area contributed by atoms with E-state index in [0.717, 1.165) is 11.3 Å². The standard InChI is InChI=1S/C16H19NO4/c1-19-14-7-11(8-15(20-2)16(14)21-3)10-17-12-5-4-6-13(18)9-12/h4-9,17-18H,10H2,1-3H3. The van der Waals surface area contributed by atoms with Crippen molar-refractivity contribution in [1.29, 1.82) is 0 Å². The van der Waals surface area contributed by atoms with Gasteiger partial charge in [-0.05, 0) is 29.8 Å². The van der Waals surface area contributed by atoms with E-state index in [1.807, 2.05) is 18.2 Å². The number of nitrogens with one attached hydrogen (secondary N) is 1. The Hall–Kier alpha value is -2.56. The maximum atomic E-state index is 9.45. The van der Waals surface area contributed by atoms with E-state index in [1.54, 1.807) is 39.5 Å². The van der Waals surface area contributed by atoms with Gasteiger partial charge < -0.3 is 24.6 Å². The Balaban J connectivity index is 2.20. The van der Waals surface area contributed by atoms with E-state index >= 15 is 0 Å². The lowest BCUT2D eigenvalue weighted by atomic mass is 10.1. The van der Waals surface area contributed by atoms with Crippen LogP contribution in [-0.2, 0) is 6.54 Å². The first-order chi connectivity index (χ1) is 10.2. The van der Waals surface area contributed by atoms with Crippen molar-refractivity contribution in [2.24, 2.45) is 0 Å². The molecule has 0 saturated heterocycles. The van der Waals surface area contributed by atoms with Crippen LogP contribution < -0.4 is 19.5 Å². The van der Waals surface area contributed by atoms with Crippen molar-refractivity contribution in [1.82, 2.24) is 0 Å². The average Bonchev–Trinajstić information content (AvgIpc) is 2.51. The van der Waals surface area contributed by atoms with Crippen molar-refractivity contribution in [3.63, 3.8) is 0 Å². The molecule has 0 bridgehead atoms. The molecule has 5 heteroatoms. The molecule has 0 fully saturated rings. The molecular formula is C16H19NO4. The summed E-state index contributed by atoms with van der Waals surface area (Å²) in [6.07, 6.45) is 0. The summed E-state index contributed by atoms with van der Waals surface area (Å²) < 4.78 is 15.9. The Morgan fingerprint density at radius 3 is 2.14 bits per heavy atom. The van der Waals surface area contributed by atoms with Crippen LogP contribution in [-0.4, -0.2) is 26.4 Å². The fraction of sp³-hybridized carbons (Fsp3) is 0.250. The van der Waals surface area contributed by atoms with Crippen molar-refractivity contribution in [3.05, 3.63) is 42.0 Å². The lowest BCUT2D eigenvalue weighted by Crippen LogP contribution is -2.02. The van der Waals surface area contributed by atoms with Crippen LogP contribution in [0.2, 0.25) is 0 Å². The van der Waals surface area contributed by atoms with Crippen molar-refractivity contribution in [2.45, 2.75) is 6.54 Å². The Morgan fingerprint density at radius 2 is 1.62 bits per heavy atom.